The highest BCUT2D eigenvalue weighted by Crippen LogP contribution is 2.29. The van der Waals surface area contributed by atoms with E-state index in [9.17, 15) is 0 Å². The molecule has 0 aliphatic rings. The standard InChI is InChI=1S/C22H17ClN4O/c1-28-16-12-10-15(11-13-16)14-24-27-22-18-7-3-5-9-20(18)25-21(26-22)17-6-2-4-8-19(17)23/h2-14H,1H3,(H,25,26,27). The lowest BCUT2D eigenvalue weighted by Crippen LogP contribution is -1.99. The van der Waals surface area contributed by atoms with Crippen LogP contribution in [0.4, 0.5) is 5.82 Å². The minimum Gasteiger partial charge on any atom is -0.497 e. The number of aromatic nitrogens is 2. The molecular formula is C22H17ClN4O. The van der Waals surface area contributed by atoms with Gasteiger partial charge in [0.2, 0.25) is 0 Å². The minimum absolute atomic E-state index is 0.548. The van der Waals surface area contributed by atoms with Gasteiger partial charge in [0.05, 0.1) is 23.9 Å². The predicted octanol–water partition coefficient (Wildman–Crippen LogP) is 5.40. The quantitative estimate of drug-likeness (QED) is 0.367. The van der Waals surface area contributed by atoms with Crippen molar-refractivity contribution < 1.29 is 4.74 Å². The summed E-state index contributed by atoms with van der Waals surface area (Å²) < 4.78 is 5.17. The fourth-order valence-electron chi connectivity index (χ4n) is 2.78. The fraction of sp³-hybridized carbons (Fsp3) is 0.0455. The van der Waals surface area contributed by atoms with E-state index >= 15 is 0 Å². The Morgan fingerprint density at radius 1 is 0.929 bits per heavy atom. The van der Waals surface area contributed by atoms with Crippen molar-refractivity contribution >= 4 is 34.5 Å². The number of para-hydroxylation sites is 1. The number of rotatable bonds is 5. The lowest BCUT2D eigenvalue weighted by Gasteiger charge is -2.09. The van der Waals surface area contributed by atoms with Crippen LogP contribution >= 0.6 is 11.6 Å². The summed E-state index contributed by atoms with van der Waals surface area (Å²) in [5.41, 5.74) is 5.57. The Hall–Kier alpha value is -3.44. The molecule has 0 saturated heterocycles. The fourth-order valence-corrected chi connectivity index (χ4v) is 3.00. The van der Waals surface area contributed by atoms with E-state index in [1.807, 2.05) is 72.8 Å². The van der Waals surface area contributed by atoms with Crippen molar-refractivity contribution in [1.82, 2.24) is 9.97 Å². The largest absolute Gasteiger partial charge is 0.497 e. The number of nitrogens with one attached hydrogen (secondary N) is 1. The molecule has 4 rings (SSSR count). The Kier molecular flexibility index (Phi) is 5.17. The van der Waals surface area contributed by atoms with E-state index in [0.29, 0.717) is 16.7 Å². The molecule has 1 aromatic heterocycles. The number of ether oxygens (including phenoxy) is 1. The second kappa shape index (κ2) is 8.06. The van der Waals surface area contributed by atoms with Gasteiger partial charge in [0.1, 0.15) is 5.75 Å². The normalized spacial score (nSPS) is 11.1. The monoisotopic (exact) mass is 388 g/mol. The van der Waals surface area contributed by atoms with Crippen LogP contribution in [0.25, 0.3) is 22.3 Å². The van der Waals surface area contributed by atoms with Gasteiger partial charge in [-0.05, 0) is 54.1 Å². The predicted molar refractivity (Wildman–Crippen MR) is 114 cm³/mol. The van der Waals surface area contributed by atoms with Crippen molar-refractivity contribution in [2.45, 2.75) is 0 Å². The highest BCUT2D eigenvalue weighted by molar-refractivity contribution is 6.33. The van der Waals surface area contributed by atoms with Gasteiger partial charge >= 0.3 is 0 Å². The first-order chi connectivity index (χ1) is 13.7. The molecule has 0 fully saturated rings. The van der Waals surface area contributed by atoms with Crippen molar-refractivity contribution in [3.05, 3.63) is 83.4 Å². The summed E-state index contributed by atoms with van der Waals surface area (Å²) in [6, 6.07) is 22.9. The number of halogens is 1. The molecule has 0 amide bonds. The molecule has 0 unspecified atom stereocenters. The smallest absolute Gasteiger partial charge is 0.163 e. The number of fused-ring (bicyclic) bond motifs is 1. The maximum absolute atomic E-state index is 6.33. The molecule has 0 bridgehead atoms. The summed E-state index contributed by atoms with van der Waals surface area (Å²) in [5.74, 6) is 1.97. The van der Waals surface area contributed by atoms with Gasteiger partial charge in [0.25, 0.3) is 0 Å². The average molecular weight is 389 g/mol. The Morgan fingerprint density at radius 2 is 1.68 bits per heavy atom. The molecule has 0 spiro atoms. The van der Waals surface area contributed by atoms with Gasteiger partial charge in [-0.25, -0.2) is 9.97 Å². The SMILES string of the molecule is COc1ccc(C=NNc2nc(-c3ccccc3Cl)nc3ccccc23)cc1. The second-order valence-electron chi connectivity index (χ2n) is 6.04. The second-order valence-corrected chi connectivity index (χ2v) is 6.44. The summed E-state index contributed by atoms with van der Waals surface area (Å²) >= 11 is 6.33. The minimum atomic E-state index is 0.548. The van der Waals surface area contributed by atoms with Gasteiger partial charge < -0.3 is 4.74 Å². The number of hydrazone groups is 1. The Balaban J connectivity index is 1.69. The Labute approximate surface area is 167 Å². The molecule has 4 aromatic rings. The highest BCUT2D eigenvalue weighted by atomic mass is 35.5. The van der Waals surface area contributed by atoms with E-state index in [0.717, 1.165) is 27.8 Å². The third-order valence-corrected chi connectivity index (χ3v) is 4.55. The first kappa shape index (κ1) is 17.9. The zero-order chi connectivity index (χ0) is 19.3. The van der Waals surface area contributed by atoms with Crippen molar-refractivity contribution in [2.75, 3.05) is 12.5 Å². The molecule has 5 nitrogen and oxygen atoms in total. The third-order valence-electron chi connectivity index (χ3n) is 4.22. The molecule has 1 heterocycles. The molecule has 0 atom stereocenters. The van der Waals surface area contributed by atoms with Crippen LogP contribution in [0.2, 0.25) is 5.02 Å². The van der Waals surface area contributed by atoms with Crippen LogP contribution in [0.3, 0.4) is 0 Å². The van der Waals surface area contributed by atoms with Crippen LogP contribution in [0.1, 0.15) is 5.56 Å². The zero-order valence-electron chi connectivity index (χ0n) is 15.1. The molecule has 1 N–H and O–H groups in total. The van der Waals surface area contributed by atoms with E-state index in [1.54, 1.807) is 13.3 Å². The van der Waals surface area contributed by atoms with Crippen LogP contribution in [-0.4, -0.2) is 23.3 Å². The lowest BCUT2D eigenvalue weighted by molar-refractivity contribution is 0.415. The molecule has 0 aliphatic heterocycles. The topological polar surface area (TPSA) is 59.4 Å². The van der Waals surface area contributed by atoms with Gasteiger partial charge in [-0.1, -0.05) is 35.9 Å². The molecule has 0 saturated carbocycles. The van der Waals surface area contributed by atoms with Gasteiger partial charge in [-0.15, -0.1) is 0 Å². The van der Waals surface area contributed by atoms with Crippen molar-refractivity contribution in [1.29, 1.82) is 0 Å². The Morgan fingerprint density at radius 3 is 2.46 bits per heavy atom. The third kappa shape index (κ3) is 3.80. The van der Waals surface area contributed by atoms with Crippen molar-refractivity contribution in [2.24, 2.45) is 5.10 Å². The summed E-state index contributed by atoms with van der Waals surface area (Å²) in [7, 11) is 1.64. The molecule has 3 aromatic carbocycles. The molecule has 138 valence electrons. The van der Waals surface area contributed by atoms with E-state index in [2.05, 4.69) is 20.5 Å². The highest BCUT2D eigenvalue weighted by Gasteiger charge is 2.11. The summed E-state index contributed by atoms with van der Waals surface area (Å²) in [5, 5.41) is 5.82. The summed E-state index contributed by atoms with van der Waals surface area (Å²) in [6.07, 6.45) is 1.73. The van der Waals surface area contributed by atoms with E-state index in [-0.39, 0.29) is 0 Å². The number of hydrogen-bond donors (Lipinski definition) is 1. The number of methoxy groups -OCH3 is 1. The summed E-state index contributed by atoms with van der Waals surface area (Å²) in [4.78, 5) is 9.30. The summed E-state index contributed by atoms with van der Waals surface area (Å²) in [6.45, 7) is 0. The van der Waals surface area contributed by atoms with Gasteiger partial charge in [0.15, 0.2) is 11.6 Å². The van der Waals surface area contributed by atoms with Crippen LogP contribution in [0.5, 0.6) is 5.75 Å². The lowest BCUT2D eigenvalue weighted by atomic mass is 10.2. The Bertz CT molecular complexity index is 1140. The first-order valence-corrected chi connectivity index (χ1v) is 9.07. The molecule has 28 heavy (non-hydrogen) atoms. The number of nitrogens with zero attached hydrogens (tertiary/aromatic N) is 3. The molecular weight excluding hydrogens is 372 g/mol. The van der Waals surface area contributed by atoms with Crippen LogP contribution in [-0.2, 0) is 0 Å². The number of hydrogen-bond acceptors (Lipinski definition) is 5. The first-order valence-electron chi connectivity index (χ1n) is 8.69. The van der Waals surface area contributed by atoms with E-state index in [1.165, 1.54) is 0 Å². The van der Waals surface area contributed by atoms with E-state index < -0.39 is 0 Å². The van der Waals surface area contributed by atoms with Crippen LogP contribution in [0, 0.1) is 0 Å². The zero-order valence-corrected chi connectivity index (χ0v) is 15.9. The maximum Gasteiger partial charge on any atom is 0.163 e. The van der Waals surface area contributed by atoms with Crippen LogP contribution < -0.4 is 10.2 Å². The van der Waals surface area contributed by atoms with Crippen LogP contribution in [0.15, 0.2) is 77.9 Å². The van der Waals surface area contributed by atoms with Gasteiger partial charge in [-0.2, -0.15) is 5.10 Å². The van der Waals surface area contributed by atoms with E-state index in [4.69, 9.17) is 16.3 Å². The van der Waals surface area contributed by atoms with Gasteiger partial charge in [0, 0.05) is 10.9 Å². The number of anilines is 1. The average Bonchev–Trinajstić information content (AvgIpc) is 2.74. The number of benzene rings is 3. The van der Waals surface area contributed by atoms with Crippen molar-refractivity contribution in [3.63, 3.8) is 0 Å². The molecule has 0 radical (unpaired) electrons. The molecule has 0 aliphatic carbocycles. The van der Waals surface area contributed by atoms with Crippen molar-refractivity contribution in [3.8, 4) is 17.1 Å². The van der Waals surface area contributed by atoms with Gasteiger partial charge in [-0.3, -0.25) is 5.43 Å². The molecule has 6 heteroatoms. The maximum atomic E-state index is 6.33.